The van der Waals surface area contributed by atoms with Crippen LogP contribution in [0.25, 0.3) is 43.1 Å². The second-order valence-corrected chi connectivity index (χ2v) is 18.8. The van der Waals surface area contributed by atoms with Crippen molar-refractivity contribution in [2.45, 2.75) is 0 Å². The van der Waals surface area contributed by atoms with Crippen LogP contribution in [0.2, 0.25) is 0 Å². The van der Waals surface area contributed by atoms with Gasteiger partial charge in [-0.1, -0.05) is 18.2 Å². The first-order valence-corrected chi connectivity index (χ1v) is 23.9. The molecule has 450 valence electrons. The molecule has 0 atom stereocenters. The lowest BCUT2D eigenvalue weighted by atomic mass is 9.11. The lowest BCUT2D eigenvalue weighted by Gasteiger charge is -2.47. The lowest BCUT2D eigenvalue weighted by Crippen LogP contribution is -2.79. The second kappa shape index (κ2) is 22.0. The Bertz CT molecular complexity index is 4210. The van der Waals surface area contributed by atoms with Crippen LogP contribution in [0.3, 0.4) is 0 Å². The van der Waals surface area contributed by atoms with Gasteiger partial charge in [-0.05, 0) is 94.3 Å². The van der Waals surface area contributed by atoms with Crippen molar-refractivity contribution in [1.29, 1.82) is 0 Å². The van der Waals surface area contributed by atoms with Gasteiger partial charge in [-0.2, -0.15) is 0 Å². The Morgan fingerprint density at radius 1 is 0.159 bits per heavy atom. The molecule has 0 saturated heterocycles. The Hall–Kier alpha value is -9.57. The maximum atomic E-state index is 17.3. The summed E-state index contributed by atoms with van der Waals surface area (Å²) in [6, 6.07) is 31.6. The first-order valence-electron chi connectivity index (χ1n) is 23.9. The number of hydrogen-bond acceptors (Lipinski definition) is 0. The number of benzene rings is 11. The van der Waals surface area contributed by atoms with Crippen molar-refractivity contribution in [3.63, 3.8) is 0 Å². The topological polar surface area (TPSA) is 0 Å². The molecule has 29 heteroatoms. The highest BCUT2D eigenvalue weighted by Gasteiger charge is 2.52. The molecule has 11 rings (SSSR count). The zero-order chi connectivity index (χ0) is 64.5. The summed E-state index contributed by atoms with van der Waals surface area (Å²) in [4.78, 5) is 0. The Morgan fingerprint density at radius 3 is 0.455 bits per heavy atom. The fraction of sp³-hybridized carbons (Fsp3) is 0. The highest BCUT2D eigenvalue weighted by atomic mass is 19.2. The minimum Gasteiger partial charge on any atom is -0.207 e. The van der Waals surface area contributed by atoms with Crippen molar-refractivity contribution in [3.05, 3.63) is 276 Å². The Morgan fingerprint density at radius 2 is 0.295 bits per heavy atom. The molecule has 11 aromatic rings. The van der Waals surface area contributed by atoms with Crippen LogP contribution in [-0.2, 0) is 0 Å². The van der Waals surface area contributed by atoms with Crippen LogP contribution in [0.15, 0.2) is 91.0 Å². The van der Waals surface area contributed by atoms with E-state index in [1.54, 1.807) is 0 Å². The Labute approximate surface area is 469 Å². The fourth-order valence-electron chi connectivity index (χ4n) is 10.9. The fourth-order valence-corrected chi connectivity index (χ4v) is 10.9. The number of hydrogen-bond donors (Lipinski definition) is 0. The van der Waals surface area contributed by atoms with E-state index in [1.165, 1.54) is 22.6 Å². The zero-order valence-corrected chi connectivity index (χ0v) is 41.8. The van der Waals surface area contributed by atoms with E-state index in [4.69, 9.17) is 0 Å². The maximum Gasteiger partial charge on any atom is 0.198 e. The highest BCUT2D eigenvalue weighted by molar-refractivity contribution is 7.23. The summed E-state index contributed by atoms with van der Waals surface area (Å²) in [6.07, 6.45) is -8.05. The monoisotopic (exact) mass is 1270 g/mol. The van der Waals surface area contributed by atoms with Crippen LogP contribution >= 0.6 is 0 Å². The van der Waals surface area contributed by atoms with E-state index in [1.807, 2.05) is 0 Å². The van der Waals surface area contributed by atoms with Crippen LogP contribution in [-0.4, -0.2) is 6.15 Å². The van der Waals surface area contributed by atoms with Crippen LogP contribution in [0, 0.1) is 169 Å². The van der Waals surface area contributed by atoms with Gasteiger partial charge in [0.15, 0.2) is 140 Å². The van der Waals surface area contributed by atoms with Crippen molar-refractivity contribution in [2.24, 2.45) is 0 Å². The second-order valence-electron chi connectivity index (χ2n) is 18.8. The molecule has 0 heterocycles. The van der Waals surface area contributed by atoms with E-state index in [0.29, 0.717) is 0 Å². The largest absolute Gasteiger partial charge is 0.207 e. The highest BCUT2D eigenvalue weighted by Crippen LogP contribution is 2.42. The molecule has 0 radical (unpaired) electrons. The molecule has 0 nitrogen and oxygen atoms in total. The number of fused-ring (bicyclic) bond motifs is 4. The molecule has 0 spiro atoms. The van der Waals surface area contributed by atoms with Gasteiger partial charge in [0.2, 0.25) is 0 Å². The van der Waals surface area contributed by atoms with Gasteiger partial charge in [0, 0.05) is 0 Å². The van der Waals surface area contributed by atoms with Crippen molar-refractivity contribution in [3.8, 4) is 0 Å². The molecule has 11 aromatic carbocycles. The maximum absolute atomic E-state index is 17.3. The van der Waals surface area contributed by atoms with Gasteiger partial charge in [0.05, 0.1) is 44.2 Å². The summed E-state index contributed by atoms with van der Waals surface area (Å²) in [5.41, 5.74) is -11.7. The molecule has 0 bridgehead atoms. The minimum atomic E-state index is -8.05. The minimum absolute atomic E-state index is 1.25. The SMILES string of the molecule is Fc1c(F)c(F)c2c([B-](c3c(F)c(F)c(F)c4c(F)c(F)c(F)c(F)c34)(c3c(F)c(F)c(F)c4c(F)c(F)c(F)c(F)c34)c3c(F)c(F)c(F)c4c(F)c(F)c(F)c(F)c34)c(F)c(F)c(F)c2c1F.c1ccc([C+](c2ccccc2)c2ccccc2)cc1. The zero-order valence-electron chi connectivity index (χ0n) is 41.8. The molecule has 88 heavy (non-hydrogen) atoms. The molecule has 0 fully saturated rings. The quantitative estimate of drug-likeness (QED) is 0.0373. The summed E-state index contributed by atoms with van der Waals surface area (Å²) in [6.45, 7) is 0. The third-order valence-electron chi connectivity index (χ3n) is 14.4. The average Bonchev–Trinajstić information content (AvgIpc) is 0.665. The molecule has 0 aromatic heterocycles. The van der Waals surface area contributed by atoms with E-state index in [2.05, 4.69) is 91.0 Å². The summed E-state index contributed by atoms with van der Waals surface area (Å²) in [5.74, 6) is -103. The summed E-state index contributed by atoms with van der Waals surface area (Å²) >= 11 is 0. The van der Waals surface area contributed by atoms with Crippen LogP contribution in [0.1, 0.15) is 16.7 Å². The molecular weight excluding hydrogens is 1250 g/mol. The van der Waals surface area contributed by atoms with Gasteiger partial charge >= 0.3 is 0 Å². The van der Waals surface area contributed by atoms with Gasteiger partial charge in [0.1, 0.15) is 29.4 Å². The van der Waals surface area contributed by atoms with E-state index >= 15 is 105 Å². The normalized spacial score (nSPS) is 11.9. The van der Waals surface area contributed by atoms with E-state index < -0.39 is 234 Å². The van der Waals surface area contributed by atoms with Gasteiger partial charge in [-0.25, -0.2) is 123 Å². The molecule has 0 unspecified atom stereocenters. The molecule has 0 saturated carbocycles. The van der Waals surface area contributed by atoms with Crippen LogP contribution in [0.5, 0.6) is 0 Å². The van der Waals surface area contributed by atoms with Gasteiger partial charge in [-0.15, -0.1) is 21.9 Å². The first kappa shape index (κ1) is 61.5. The predicted octanol–water partition coefficient (Wildman–Crippen LogP) is 16.3. The first-order chi connectivity index (χ1) is 41.4. The third-order valence-corrected chi connectivity index (χ3v) is 14.4. The lowest BCUT2D eigenvalue weighted by molar-refractivity contribution is 0.410. The molecule has 0 aliphatic heterocycles. The molecule has 0 aliphatic carbocycles. The molecule has 0 N–H and O–H groups in total. The van der Waals surface area contributed by atoms with E-state index in [-0.39, 0.29) is 0 Å². The van der Waals surface area contributed by atoms with Crippen LogP contribution in [0.4, 0.5) is 123 Å². The van der Waals surface area contributed by atoms with Crippen molar-refractivity contribution in [1.82, 2.24) is 0 Å². The Balaban J connectivity index is 0.000000380. The van der Waals surface area contributed by atoms with Crippen molar-refractivity contribution >= 4 is 71.1 Å². The smallest absolute Gasteiger partial charge is 0.198 e. The third kappa shape index (κ3) is 8.48. The van der Waals surface area contributed by atoms with Crippen molar-refractivity contribution in [2.75, 3.05) is 0 Å². The predicted molar refractivity (Wildman–Crippen MR) is 259 cm³/mol. The standard InChI is InChI=1S/C40BF28.C19H15/c42-13-1-5(21(50)37(66)33(13)62)17(46)29(58)25(54)9(1)41(10-2-6(18(47)30(59)26(10)55)22(51)38(67)34(63)14(2)43,11-3-7(19(48)31(60)27(11)56)23(52)39(68)35(64)15(3)44)12-4-8(20(49)32(61)28(12)57)24(53)40(69)36(65)16(4)45;1-4-10-16(11-5-1)19(17-12-6-2-7-13-17)18-14-8-3-9-15-18/h;1-15H/q-1;+1. The van der Waals surface area contributed by atoms with E-state index in [0.717, 1.165) is 0 Å². The Kier molecular flexibility index (Phi) is 15.4. The van der Waals surface area contributed by atoms with E-state index in [9.17, 15) is 17.6 Å². The molecule has 0 aliphatic rings. The summed E-state index contributed by atoms with van der Waals surface area (Å²) in [7, 11) is 0. The number of halogens is 28. The van der Waals surface area contributed by atoms with Gasteiger partial charge < -0.3 is 0 Å². The average molecular weight is 1270 g/mol. The van der Waals surface area contributed by atoms with Gasteiger partial charge in [-0.3, -0.25) is 0 Å². The van der Waals surface area contributed by atoms with Crippen molar-refractivity contribution < 1.29 is 123 Å². The number of rotatable bonds is 7. The summed E-state index contributed by atoms with van der Waals surface area (Å²) in [5, 5.41) is -27.0. The molecule has 0 amide bonds. The molecular formula is C59H15BF28. The van der Waals surface area contributed by atoms with Gasteiger partial charge in [0.25, 0.3) is 0 Å². The summed E-state index contributed by atoms with van der Waals surface area (Å²) < 4.78 is 446. The van der Waals surface area contributed by atoms with Crippen LogP contribution < -0.4 is 21.9 Å².